The predicted molar refractivity (Wildman–Crippen MR) is 90.1 cm³/mol. The minimum absolute atomic E-state index is 0.00990. The summed E-state index contributed by atoms with van der Waals surface area (Å²) in [5, 5.41) is 2.90. The topological polar surface area (TPSA) is 51.2 Å². The van der Waals surface area contributed by atoms with Crippen LogP contribution in [0.1, 0.15) is 12.6 Å². The van der Waals surface area contributed by atoms with Gasteiger partial charge in [0.2, 0.25) is 5.91 Å². The first kappa shape index (κ1) is 16.4. The van der Waals surface area contributed by atoms with Crippen LogP contribution in [0.5, 0.6) is 11.5 Å². The molecule has 1 amide bonds. The number of pyridine rings is 1. The molecule has 0 aliphatic heterocycles. The Morgan fingerprint density at radius 1 is 1.23 bits per heavy atom. The van der Waals surface area contributed by atoms with Crippen LogP contribution in [0, 0.1) is 5.92 Å². The van der Waals surface area contributed by atoms with E-state index in [-0.39, 0.29) is 11.8 Å². The Labute approximate surface area is 135 Å². The van der Waals surface area contributed by atoms with Gasteiger partial charge >= 0.3 is 0 Å². The number of rotatable bonds is 7. The summed E-state index contributed by atoms with van der Waals surface area (Å²) in [5.74, 6) is 2.34. The zero-order valence-electron chi connectivity index (χ0n) is 12.8. The lowest BCUT2D eigenvalue weighted by Gasteiger charge is -2.11. The molecule has 4 nitrogen and oxygen atoms in total. The molecule has 0 spiro atoms. The molecule has 116 valence electrons. The molecule has 1 atom stereocenters. The molecule has 1 N–H and O–H groups in total. The first-order valence-electron chi connectivity index (χ1n) is 7.13. The van der Waals surface area contributed by atoms with Crippen LogP contribution in [-0.4, -0.2) is 22.9 Å². The number of benzene rings is 1. The molecule has 1 unspecified atom stereocenters. The Kier molecular flexibility index (Phi) is 6.27. The van der Waals surface area contributed by atoms with Crippen molar-refractivity contribution in [2.24, 2.45) is 5.92 Å². The molecule has 2 aromatic rings. The number of hydrogen-bond donors (Lipinski definition) is 1. The summed E-state index contributed by atoms with van der Waals surface area (Å²) in [7, 11) is 0. The fourth-order valence-corrected chi connectivity index (χ4v) is 2.53. The van der Waals surface area contributed by atoms with Crippen molar-refractivity contribution < 1.29 is 9.53 Å². The molecule has 1 aromatic carbocycles. The summed E-state index contributed by atoms with van der Waals surface area (Å²) in [6, 6.07) is 13.3. The quantitative estimate of drug-likeness (QED) is 0.849. The van der Waals surface area contributed by atoms with Crippen LogP contribution in [0.2, 0.25) is 0 Å². The van der Waals surface area contributed by atoms with E-state index in [9.17, 15) is 4.79 Å². The molecule has 0 aliphatic rings. The summed E-state index contributed by atoms with van der Waals surface area (Å²) in [5.41, 5.74) is 0.810. The van der Waals surface area contributed by atoms with Crippen LogP contribution in [0.4, 0.5) is 0 Å². The monoisotopic (exact) mass is 316 g/mol. The number of hydrogen-bond acceptors (Lipinski definition) is 4. The van der Waals surface area contributed by atoms with Crippen molar-refractivity contribution >= 4 is 17.7 Å². The lowest BCUT2D eigenvalue weighted by Crippen LogP contribution is -2.30. The fraction of sp³-hybridized carbons (Fsp3) is 0.294. The zero-order valence-corrected chi connectivity index (χ0v) is 13.6. The number of aromatic nitrogens is 1. The van der Waals surface area contributed by atoms with E-state index in [4.69, 9.17) is 4.74 Å². The van der Waals surface area contributed by atoms with Crippen molar-refractivity contribution in [1.82, 2.24) is 10.3 Å². The highest BCUT2D eigenvalue weighted by Gasteiger charge is 2.11. The molecule has 0 fully saturated rings. The third-order valence-electron chi connectivity index (χ3n) is 3.08. The second-order valence-corrected chi connectivity index (χ2v) is 5.89. The van der Waals surface area contributed by atoms with E-state index in [0.29, 0.717) is 12.3 Å². The van der Waals surface area contributed by atoms with Gasteiger partial charge in [0.05, 0.1) is 18.4 Å². The highest BCUT2D eigenvalue weighted by molar-refractivity contribution is 7.98. The number of carbonyl (C=O) groups is 1. The number of nitrogens with zero attached hydrogens (tertiary/aromatic N) is 1. The van der Waals surface area contributed by atoms with Crippen LogP contribution in [-0.2, 0) is 11.3 Å². The van der Waals surface area contributed by atoms with Gasteiger partial charge in [0.15, 0.2) is 0 Å². The van der Waals surface area contributed by atoms with Crippen molar-refractivity contribution in [3.05, 3.63) is 54.4 Å². The number of para-hydroxylation sites is 1. The molecule has 0 saturated carbocycles. The van der Waals surface area contributed by atoms with Crippen molar-refractivity contribution in [1.29, 1.82) is 0 Å². The minimum Gasteiger partial charge on any atom is -0.456 e. The van der Waals surface area contributed by atoms with E-state index in [1.165, 1.54) is 0 Å². The fourth-order valence-electron chi connectivity index (χ4n) is 1.88. The summed E-state index contributed by atoms with van der Waals surface area (Å²) in [6.07, 6.45) is 3.66. The third kappa shape index (κ3) is 5.07. The molecular weight excluding hydrogens is 296 g/mol. The molecule has 2 rings (SSSR count). The van der Waals surface area contributed by atoms with Crippen LogP contribution in [0.25, 0.3) is 0 Å². The molecule has 22 heavy (non-hydrogen) atoms. The molecular formula is C17H20N2O2S. The average molecular weight is 316 g/mol. The molecule has 0 saturated heterocycles. The first-order valence-corrected chi connectivity index (χ1v) is 8.53. The predicted octanol–water partition coefficient (Wildman–Crippen LogP) is 3.49. The summed E-state index contributed by atoms with van der Waals surface area (Å²) in [6.45, 7) is 2.36. The number of thioether (sulfide) groups is 1. The van der Waals surface area contributed by atoms with Gasteiger partial charge in [-0.3, -0.25) is 9.78 Å². The molecule has 5 heteroatoms. The van der Waals surface area contributed by atoms with Gasteiger partial charge in [0, 0.05) is 11.7 Å². The van der Waals surface area contributed by atoms with Crippen molar-refractivity contribution in [3.8, 4) is 11.5 Å². The Bertz CT molecular complexity index is 587. The Morgan fingerprint density at radius 2 is 2.00 bits per heavy atom. The van der Waals surface area contributed by atoms with Crippen molar-refractivity contribution in [2.45, 2.75) is 13.5 Å². The number of nitrogens with one attached hydrogen (secondary N) is 1. The van der Waals surface area contributed by atoms with Crippen LogP contribution < -0.4 is 10.1 Å². The van der Waals surface area contributed by atoms with E-state index in [2.05, 4.69) is 10.3 Å². The second kappa shape index (κ2) is 8.44. The zero-order chi connectivity index (χ0) is 15.8. The van der Waals surface area contributed by atoms with Gasteiger partial charge in [-0.25, -0.2) is 0 Å². The third-order valence-corrected chi connectivity index (χ3v) is 3.92. The summed E-state index contributed by atoms with van der Waals surface area (Å²) < 4.78 is 5.68. The van der Waals surface area contributed by atoms with Gasteiger partial charge in [-0.1, -0.05) is 25.1 Å². The van der Waals surface area contributed by atoms with E-state index >= 15 is 0 Å². The standard InChI is InChI=1S/C17H20N2O2S/c1-13(12-22-2)17(20)19-10-14-8-9-16(11-18-14)21-15-6-4-3-5-7-15/h3-9,11,13H,10,12H2,1-2H3,(H,19,20). The lowest BCUT2D eigenvalue weighted by molar-refractivity contribution is -0.124. The minimum atomic E-state index is 0.00990. The van der Waals surface area contributed by atoms with Crippen LogP contribution in [0.3, 0.4) is 0 Å². The number of carbonyl (C=O) groups excluding carboxylic acids is 1. The molecule has 0 aliphatic carbocycles. The van der Waals surface area contributed by atoms with Crippen LogP contribution in [0.15, 0.2) is 48.7 Å². The Morgan fingerprint density at radius 3 is 2.64 bits per heavy atom. The maximum Gasteiger partial charge on any atom is 0.223 e. The van der Waals surface area contributed by atoms with Crippen LogP contribution >= 0.6 is 11.8 Å². The van der Waals surface area contributed by atoms with E-state index in [0.717, 1.165) is 17.2 Å². The van der Waals surface area contributed by atoms with Gasteiger partial charge in [0.1, 0.15) is 11.5 Å². The van der Waals surface area contributed by atoms with Gasteiger partial charge in [-0.15, -0.1) is 0 Å². The van der Waals surface area contributed by atoms with E-state index in [1.54, 1.807) is 18.0 Å². The Balaban J connectivity index is 1.85. The van der Waals surface area contributed by atoms with Gasteiger partial charge in [0.25, 0.3) is 0 Å². The molecule has 0 bridgehead atoms. The number of ether oxygens (including phenoxy) is 1. The summed E-state index contributed by atoms with van der Waals surface area (Å²) >= 11 is 1.67. The number of amides is 1. The van der Waals surface area contributed by atoms with E-state index in [1.807, 2.05) is 55.6 Å². The highest BCUT2D eigenvalue weighted by atomic mass is 32.2. The maximum absolute atomic E-state index is 11.8. The molecule has 1 heterocycles. The van der Waals surface area contributed by atoms with Gasteiger partial charge in [-0.05, 0) is 30.5 Å². The normalized spacial score (nSPS) is 11.7. The largest absolute Gasteiger partial charge is 0.456 e. The summed E-state index contributed by atoms with van der Waals surface area (Å²) in [4.78, 5) is 16.1. The van der Waals surface area contributed by atoms with Gasteiger partial charge < -0.3 is 10.1 Å². The lowest BCUT2D eigenvalue weighted by atomic mass is 10.2. The molecule has 0 radical (unpaired) electrons. The maximum atomic E-state index is 11.8. The smallest absolute Gasteiger partial charge is 0.223 e. The Hall–Kier alpha value is -2.01. The second-order valence-electron chi connectivity index (χ2n) is 4.97. The highest BCUT2D eigenvalue weighted by Crippen LogP contribution is 2.19. The first-order chi connectivity index (χ1) is 10.7. The van der Waals surface area contributed by atoms with Gasteiger partial charge in [-0.2, -0.15) is 11.8 Å². The SMILES string of the molecule is CSCC(C)C(=O)NCc1ccc(Oc2ccccc2)cn1. The molecule has 1 aromatic heterocycles. The van der Waals surface area contributed by atoms with Crippen molar-refractivity contribution in [3.63, 3.8) is 0 Å². The van der Waals surface area contributed by atoms with E-state index < -0.39 is 0 Å². The average Bonchev–Trinajstić information content (AvgIpc) is 2.55. The van der Waals surface area contributed by atoms with Crippen molar-refractivity contribution in [2.75, 3.05) is 12.0 Å².